The Labute approximate surface area is 75.1 Å². The molecule has 1 saturated heterocycles. The molecule has 0 aromatic heterocycles. The van der Waals surface area contributed by atoms with Gasteiger partial charge in [-0.15, -0.1) is 0 Å². The maximum absolute atomic E-state index is 5.47. The predicted octanol–water partition coefficient (Wildman–Crippen LogP) is 1.21. The van der Waals surface area contributed by atoms with Crippen LogP contribution in [0.3, 0.4) is 0 Å². The Morgan fingerprint density at radius 2 is 2.25 bits per heavy atom. The van der Waals surface area contributed by atoms with Crippen molar-refractivity contribution in [2.75, 3.05) is 19.6 Å². The minimum atomic E-state index is 0.863. The monoisotopic (exact) mass is 168 g/mol. The van der Waals surface area contributed by atoms with Gasteiger partial charge in [-0.05, 0) is 57.7 Å². The number of fused-ring (bicyclic) bond motifs is 1. The summed E-state index contributed by atoms with van der Waals surface area (Å²) in [4.78, 5) is 2.68. The fourth-order valence-electron chi connectivity index (χ4n) is 2.45. The molecule has 70 valence electrons. The second kappa shape index (κ2) is 3.75. The van der Waals surface area contributed by atoms with Crippen LogP contribution in [0.15, 0.2) is 0 Å². The second-order valence-corrected chi connectivity index (χ2v) is 4.24. The molecule has 2 heteroatoms. The zero-order chi connectivity index (χ0) is 8.39. The number of rotatable bonds is 4. The molecule has 2 fully saturated rings. The Kier molecular flexibility index (Phi) is 2.66. The molecule has 0 aromatic rings. The van der Waals surface area contributed by atoms with E-state index in [9.17, 15) is 0 Å². The number of piperidine rings is 1. The van der Waals surface area contributed by atoms with Crippen molar-refractivity contribution in [2.45, 2.75) is 38.1 Å². The molecule has 1 saturated carbocycles. The van der Waals surface area contributed by atoms with Crippen LogP contribution in [0.4, 0.5) is 0 Å². The van der Waals surface area contributed by atoms with Crippen molar-refractivity contribution in [3.63, 3.8) is 0 Å². The zero-order valence-electron chi connectivity index (χ0n) is 7.84. The fourth-order valence-corrected chi connectivity index (χ4v) is 2.45. The predicted molar refractivity (Wildman–Crippen MR) is 51.0 cm³/mol. The van der Waals surface area contributed by atoms with Crippen LogP contribution in [0.25, 0.3) is 0 Å². The van der Waals surface area contributed by atoms with E-state index < -0.39 is 0 Å². The van der Waals surface area contributed by atoms with Gasteiger partial charge in [-0.25, -0.2) is 0 Å². The molecule has 2 N–H and O–H groups in total. The van der Waals surface area contributed by atoms with E-state index in [1.165, 1.54) is 45.2 Å². The van der Waals surface area contributed by atoms with Crippen LogP contribution in [0.5, 0.6) is 0 Å². The molecule has 1 aliphatic carbocycles. The first-order valence-electron chi connectivity index (χ1n) is 5.36. The Balaban J connectivity index is 1.66. The second-order valence-electron chi connectivity index (χ2n) is 4.24. The fraction of sp³-hybridized carbons (Fsp3) is 1.00. The van der Waals surface area contributed by atoms with Crippen LogP contribution in [-0.2, 0) is 0 Å². The van der Waals surface area contributed by atoms with E-state index in [0.29, 0.717) is 0 Å². The summed E-state index contributed by atoms with van der Waals surface area (Å²) in [6.07, 6.45) is 6.93. The molecule has 2 atom stereocenters. The number of likely N-dealkylation sites (tertiary alicyclic amines) is 1. The summed E-state index contributed by atoms with van der Waals surface area (Å²) in [6, 6.07) is 0.983. The third kappa shape index (κ3) is 1.80. The summed E-state index contributed by atoms with van der Waals surface area (Å²) < 4.78 is 0. The minimum absolute atomic E-state index is 0.863. The van der Waals surface area contributed by atoms with Crippen molar-refractivity contribution in [3.8, 4) is 0 Å². The van der Waals surface area contributed by atoms with Crippen LogP contribution >= 0.6 is 0 Å². The van der Waals surface area contributed by atoms with Crippen molar-refractivity contribution in [1.82, 2.24) is 4.90 Å². The molecule has 0 bridgehead atoms. The van der Waals surface area contributed by atoms with Gasteiger partial charge in [-0.3, -0.25) is 0 Å². The standard InChI is InChI=1S/C10H20N2/c11-5-1-2-6-12-7-3-4-9-8-10(9)12/h9-10H,1-8,11H2. The largest absolute Gasteiger partial charge is 0.330 e. The van der Waals surface area contributed by atoms with Crippen molar-refractivity contribution in [3.05, 3.63) is 0 Å². The molecule has 0 spiro atoms. The Morgan fingerprint density at radius 3 is 3.08 bits per heavy atom. The summed E-state index contributed by atoms with van der Waals surface area (Å²) in [5, 5.41) is 0. The van der Waals surface area contributed by atoms with E-state index in [2.05, 4.69) is 4.90 Å². The lowest BCUT2D eigenvalue weighted by Gasteiger charge is -2.26. The molecule has 2 rings (SSSR count). The van der Waals surface area contributed by atoms with E-state index in [4.69, 9.17) is 5.73 Å². The quantitative estimate of drug-likeness (QED) is 0.639. The molecule has 1 heterocycles. The first-order chi connectivity index (χ1) is 5.92. The average Bonchev–Trinajstić information content (AvgIpc) is 2.84. The van der Waals surface area contributed by atoms with Gasteiger partial charge in [0.15, 0.2) is 0 Å². The number of hydrogen-bond donors (Lipinski definition) is 1. The van der Waals surface area contributed by atoms with Crippen LogP contribution in [0, 0.1) is 5.92 Å². The molecule has 2 unspecified atom stereocenters. The summed E-state index contributed by atoms with van der Waals surface area (Å²) in [5.74, 6) is 1.08. The summed E-state index contributed by atoms with van der Waals surface area (Å²) in [6.45, 7) is 3.52. The van der Waals surface area contributed by atoms with E-state index in [-0.39, 0.29) is 0 Å². The van der Waals surface area contributed by atoms with E-state index >= 15 is 0 Å². The number of nitrogens with zero attached hydrogens (tertiary/aromatic N) is 1. The lowest BCUT2D eigenvalue weighted by molar-refractivity contribution is 0.212. The first kappa shape index (κ1) is 8.52. The molecular weight excluding hydrogens is 148 g/mol. The Bertz CT molecular complexity index is 147. The highest BCUT2D eigenvalue weighted by atomic mass is 15.2. The highest BCUT2D eigenvalue weighted by Gasteiger charge is 2.43. The maximum atomic E-state index is 5.47. The van der Waals surface area contributed by atoms with Gasteiger partial charge in [0.1, 0.15) is 0 Å². The summed E-state index contributed by atoms with van der Waals surface area (Å²) in [7, 11) is 0. The molecule has 0 radical (unpaired) electrons. The topological polar surface area (TPSA) is 29.3 Å². The van der Waals surface area contributed by atoms with Gasteiger partial charge in [-0.2, -0.15) is 0 Å². The van der Waals surface area contributed by atoms with Crippen LogP contribution < -0.4 is 5.73 Å². The van der Waals surface area contributed by atoms with Crippen LogP contribution in [-0.4, -0.2) is 30.6 Å². The van der Waals surface area contributed by atoms with Crippen molar-refractivity contribution in [1.29, 1.82) is 0 Å². The molecule has 2 nitrogen and oxygen atoms in total. The summed E-state index contributed by atoms with van der Waals surface area (Å²) in [5.41, 5.74) is 5.47. The van der Waals surface area contributed by atoms with Crippen LogP contribution in [0.1, 0.15) is 32.1 Å². The number of unbranched alkanes of at least 4 members (excludes halogenated alkanes) is 1. The Hall–Kier alpha value is -0.0800. The van der Waals surface area contributed by atoms with Gasteiger partial charge in [0.05, 0.1) is 0 Å². The SMILES string of the molecule is NCCCCN1CCCC2CC21. The Morgan fingerprint density at radius 1 is 1.33 bits per heavy atom. The molecule has 0 amide bonds. The zero-order valence-corrected chi connectivity index (χ0v) is 7.84. The van der Waals surface area contributed by atoms with Gasteiger partial charge in [-0.1, -0.05) is 0 Å². The molecular formula is C10H20N2. The third-order valence-corrected chi connectivity index (χ3v) is 3.27. The van der Waals surface area contributed by atoms with Gasteiger partial charge >= 0.3 is 0 Å². The van der Waals surface area contributed by atoms with Gasteiger partial charge in [0.25, 0.3) is 0 Å². The van der Waals surface area contributed by atoms with Gasteiger partial charge in [0, 0.05) is 6.04 Å². The molecule has 12 heavy (non-hydrogen) atoms. The van der Waals surface area contributed by atoms with Crippen molar-refractivity contribution < 1.29 is 0 Å². The minimum Gasteiger partial charge on any atom is -0.330 e. The maximum Gasteiger partial charge on any atom is 0.0127 e. The highest BCUT2D eigenvalue weighted by Crippen LogP contribution is 2.42. The lowest BCUT2D eigenvalue weighted by atomic mass is 10.1. The molecule has 2 aliphatic rings. The number of hydrogen-bond acceptors (Lipinski definition) is 2. The molecule has 1 aliphatic heterocycles. The highest BCUT2D eigenvalue weighted by molar-refractivity contribution is 4.97. The van der Waals surface area contributed by atoms with E-state index in [1.807, 2.05) is 0 Å². The van der Waals surface area contributed by atoms with Crippen molar-refractivity contribution >= 4 is 0 Å². The summed E-state index contributed by atoms with van der Waals surface area (Å²) >= 11 is 0. The van der Waals surface area contributed by atoms with Gasteiger partial charge < -0.3 is 10.6 Å². The third-order valence-electron chi connectivity index (χ3n) is 3.27. The van der Waals surface area contributed by atoms with Crippen molar-refractivity contribution in [2.24, 2.45) is 11.7 Å². The first-order valence-corrected chi connectivity index (χ1v) is 5.36. The smallest absolute Gasteiger partial charge is 0.0127 e. The van der Waals surface area contributed by atoms with Gasteiger partial charge in [0.2, 0.25) is 0 Å². The normalized spacial score (nSPS) is 34.8. The van der Waals surface area contributed by atoms with E-state index in [0.717, 1.165) is 18.5 Å². The lowest BCUT2D eigenvalue weighted by Crippen LogP contribution is -2.32. The molecule has 0 aromatic carbocycles. The number of nitrogens with two attached hydrogens (primary N) is 1. The van der Waals surface area contributed by atoms with E-state index in [1.54, 1.807) is 0 Å². The van der Waals surface area contributed by atoms with Crippen LogP contribution in [0.2, 0.25) is 0 Å². The average molecular weight is 168 g/mol.